The predicted molar refractivity (Wildman–Crippen MR) is 119 cm³/mol. The summed E-state index contributed by atoms with van der Waals surface area (Å²) < 4.78 is 16.3. The van der Waals surface area contributed by atoms with E-state index in [4.69, 9.17) is 14.2 Å². The van der Waals surface area contributed by atoms with Crippen molar-refractivity contribution in [2.75, 3.05) is 13.2 Å². The Bertz CT molecular complexity index is 1080. The van der Waals surface area contributed by atoms with Gasteiger partial charge in [-0.15, -0.1) is 0 Å². The van der Waals surface area contributed by atoms with E-state index in [0.717, 1.165) is 16.3 Å². The van der Waals surface area contributed by atoms with Crippen LogP contribution in [0.25, 0.3) is 10.8 Å². The normalized spacial score (nSPS) is 25.2. The quantitative estimate of drug-likeness (QED) is 0.312. The van der Waals surface area contributed by atoms with Crippen LogP contribution in [0.2, 0.25) is 0 Å². The highest BCUT2D eigenvalue weighted by molar-refractivity contribution is 5.96. The van der Waals surface area contributed by atoms with E-state index < -0.39 is 43.3 Å². The van der Waals surface area contributed by atoms with Crippen LogP contribution < -0.4 is 4.74 Å². The van der Waals surface area contributed by atoms with Crippen molar-refractivity contribution in [3.05, 3.63) is 77.9 Å². The van der Waals surface area contributed by atoms with E-state index in [1.807, 2.05) is 30.3 Å². The Morgan fingerprint density at radius 3 is 2.33 bits per heavy atom. The summed E-state index contributed by atoms with van der Waals surface area (Å²) in [5.41, 5.74) is 1.36. The van der Waals surface area contributed by atoms with Gasteiger partial charge >= 0.3 is 5.97 Å². The molecule has 0 radical (unpaired) electrons. The first kappa shape index (κ1) is 23.3. The van der Waals surface area contributed by atoms with Gasteiger partial charge in [0.25, 0.3) is 0 Å². The topological polar surface area (TPSA) is 126 Å². The van der Waals surface area contributed by atoms with Crippen LogP contribution in [0.4, 0.5) is 0 Å². The van der Waals surface area contributed by atoms with Crippen molar-refractivity contribution in [3.63, 3.8) is 0 Å². The van der Waals surface area contributed by atoms with Gasteiger partial charge in [0.15, 0.2) is 6.29 Å². The average Bonchev–Trinajstić information content (AvgIpc) is 2.84. The van der Waals surface area contributed by atoms with Gasteiger partial charge in [0.05, 0.1) is 18.8 Å². The molecule has 174 valence electrons. The van der Waals surface area contributed by atoms with E-state index in [1.54, 1.807) is 36.4 Å². The molecule has 3 aromatic carbocycles. The zero-order valence-electron chi connectivity index (χ0n) is 17.8. The summed E-state index contributed by atoms with van der Waals surface area (Å²) in [6.45, 7) is -0.344. The number of rotatable bonds is 7. The number of fused-ring (bicyclic) bond motifs is 1. The Kier molecular flexibility index (Phi) is 7.34. The van der Waals surface area contributed by atoms with Crippen molar-refractivity contribution in [3.8, 4) is 5.75 Å². The predicted octanol–water partition coefficient (Wildman–Crippen LogP) is 1.42. The van der Waals surface area contributed by atoms with E-state index in [1.165, 1.54) is 0 Å². The molecule has 4 N–H and O–H groups in total. The Morgan fingerprint density at radius 1 is 0.879 bits per heavy atom. The highest BCUT2D eigenvalue weighted by Crippen LogP contribution is 2.23. The summed E-state index contributed by atoms with van der Waals surface area (Å²) in [7, 11) is 0. The molecule has 0 aliphatic carbocycles. The first-order valence-corrected chi connectivity index (χ1v) is 10.7. The first-order valence-electron chi connectivity index (χ1n) is 10.7. The third kappa shape index (κ3) is 5.39. The van der Waals surface area contributed by atoms with E-state index in [0.29, 0.717) is 17.7 Å². The van der Waals surface area contributed by atoms with Crippen LogP contribution >= 0.6 is 0 Å². The van der Waals surface area contributed by atoms with Gasteiger partial charge in [-0.05, 0) is 47.0 Å². The maximum Gasteiger partial charge on any atom is 0.343 e. The van der Waals surface area contributed by atoms with E-state index in [2.05, 4.69) is 0 Å². The second-order valence-corrected chi connectivity index (χ2v) is 7.91. The van der Waals surface area contributed by atoms with E-state index in [9.17, 15) is 25.2 Å². The molecule has 4 rings (SSSR count). The standard InChI is InChI=1S/C25H26O8/c26-14-20-21(27)22(28)23(29)25(33-20)31-12-11-15-5-9-19(10-6-15)32-24(30)18-8-7-16-3-1-2-4-17(16)13-18/h1-10,13,20-23,25-29H,11-12,14H2/t20-,21-,22+,23-,25-/m1/s1. The van der Waals surface area contributed by atoms with Crippen molar-refractivity contribution in [2.24, 2.45) is 0 Å². The molecular weight excluding hydrogens is 428 g/mol. The van der Waals surface area contributed by atoms with Crippen LogP contribution in [0.1, 0.15) is 15.9 Å². The fourth-order valence-electron chi connectivity index (χ4n) is 3.70. The minimum atomic E-state index is -1.47. The molecule has 8 heteroatoms. The maximum absolute atomic E-state index is 12.5. The number of ether oxygens (including phenoxy) is 3. The fourth-order valence-corrected chi connectivity index (χ4v) is 3.70. The van der Waals surface area contributed by atoms with E-state index in [-0.39, 0.29) is 6.61 Å². The molecular formula is C25H26O8. The van der Waals surface area contributed by atoms with Crippen LogP contribution in [-0.2, 0) is 15.9 Å². The molecule has 1 fully saturated rings. The third-order valence-electron chi connectivity index (χ3n) is 5.64. The molecule has 1 aliphatic rings. The second-order valence-electron chi connectivity index (χ2n) is 7.91. The Balaban J connectivity index is 1.29. The monoisotopic (exact) mass is 454 g/mol. The zero-order chi connectivity index (χ0) is 23.4. The van der Waals surface area contributed by atoms with Gasteiger partial charge in [0.1, 0.15) is 30.2 Å². The Hall–Kier alpha value is -2.85. The number of hydrogen-bond donors (Lipinski definition) is 4. The number of benzene rings is 3. The Morgan fingerprint density at radius 2 is 1.61 bits per heavy atom. The van der Waals surface area contributed by atoms with Crippen LogP contribution in [0.3, 0.4) is 0 Å². The summed E-state index contributed by atoms with van der Waals surface area (Å²) in [4.78, 5) is 12.5. The molecule has 3 aromatic rings. The molecule has 0 spiro atoms. The lowest BCUT2D eigenvalue weighted by molar-refractivity contribution is -0.300. The number of carbonyl (C=O) groups excluding carboxylic acids is 1. The molecule has 0 aromatic heterocycles. The minimum Gasteiger partial charge on any atom is -0.423 e. The second kappa shape index (κ2) is 10.4. The molecule has 1 heterocycles. The minimum absolute atomic E-state index is 0.166. The number of aliphatic hydroxyl groups is 4. The number of esters is 1. The zero-order valence-corrected chi connectivity index (χ0v) is 17.8. The lowest BCUT2D eigenvalue weighted by Gasteiger charge is -2.39. The van der Waals surface area contributed by atoms with Crippen molar-refractivity contribution in [1.29, 1.82) is 0 Å². The number of carbonyl (C=O) groups is 1. The first-order chi connectivity index (χ1) is 16.0. The van der Waals surface area contributed by atoms with Crippen LogP contribution in [0.15, 0.2) is 66.7 Å². The van der Waals surface area contributed by atoms with Crippen molar-refractivity contribution in [1.82, 2.24) is 0 Å². The van der Waals surface area contributed by atoms with Gasteiger partial charge < -0.3 is 34.6 Å². The number of aliphatic hydroxyl groups excluding tert-OH is 4. The van der Waals surface area contributed by atoms with Gasteiger partial charge in [-0.3, -0.25) is 0 Å². The SMILES string of the molecule is O=C(Oc1ccc(CCO[C@@H]2O[C@H](CO)[C@@H](O)[C@H](O)[C@H]2O)cc1)c1ccc2ccccc2c1. The summed E-state index contributed by atoms with van der Waals surface area (Å²) in [6.07, 6.45) is -6.03. The Labute approximate surface area is 190 Å². The van der Waals surface area contributed by atoms with Crippen LogP contribution in [0, 0.1) is 0 Å². The molecule has 0 unspecified atom stereocenters. The van der Waals surface area contributed by atoms with Gasteiger partial charge in [-0.25, -0.2) is 4.79 Å². The van der Waals surface area contributed by atoms with Gasteiger partial charge in [0, 0.05) is 0 Å². The smallest absolute Gasteiger partial charge is 0.343 e. The molecule has 8 nitrogen and oxygen atoms in total. The lowest BCUT2D eigenvalue weighted by Crippen LogP contribution is -2.59. The summed E-state index contributed by atoms with van der Waals surface area (Å²) in [6, 6.07) is 20.1. The molecule has 0 saturated carbocycles. The maximum atomic E-state index is 12.5. The molecule has 0 amide bonds. The molecule has 1 saturated heterocycles. The van der Waals surface area contributed by atoms with Crippen molar-refractivity contribution < 1.29 is 39.4 Å². The van der Waals surface area contributed by atoms with Crippen LogP contribution in [0.5, 0.6) is 5.75 Å². The van der Waals surface area contributed by atoms with Gasteiger partial charge in [-0.1, -0.05) is 42.5 Å². The van der Waals surface area contributed by atoms with Crippen molar-refractivity contribution in [2.45, 2.75) is 37.1 Å². The third-order valence-corrected chi connectivity index (χ3v) is 5.64. The largest absolute Gasteiger partial charge is 0.423 e. The van der Waals surface area contributed by atoms with Gasteiger partial charge in [0.2, 0.25) is 0 Å². The van der Waals surface area contributed by atoms with Gasteiger partial charge in [-0.2, -0.15) is 0 Å². The molecule has 5 atom stereocenters. The van der Waals surface area contributed by atoms with Crippen molar-refractivity contribution >= 4 is 16.7 Å². The molecule has 1 aliphatic heterocycles. The molecule has 33 heavy (non-hydrogen) atoms. The highest BCUT2D eigenvalue weighted by Gasteiger charge is 2.43. The molecule has 0 bridgehead atoms. The summed E-state index contributed by atoms with van der Waals surface area (Å²) >= 11 is 0. The van der Waals surface area contributed by atoms with E-state index >= 15 is 0 Å². The highest BCUT2D eigenvalue weighted by atomic mass is 16.7. The average molecular weight is 454 g/mol. The summed E-state index contributed by atoms with van der Waals surface area (Å²) in [5, 5.41) is 40.8. The summed E-state index contributed by atoms with van der Waals surface area (Å²) in [5.74, 6) is -0.0359. The lowest BCUT2D eigenvalue weighted by atomic mass is 9.99. The number of hydrogen-bond acceptors (Lipinski definition) is 8. The van der Waals surface area contributed by atoms with Crippen LogP contribution in [-0.4, -0.2) is 70.3 Å². The fraction of sp³-hybridized carbons (Fsp3) is 0.320.